The highest BCUT2D eigenvalue weighted by Crippen LogP contribution is 1.84. The molecule has 0 aliphatic rings. The Morgan fingerprint density at radius 3 is 2.55 bits per heavy atom. The van der Waals surface area contributed by atoms with E-state index in [1.165, 1.54) is 0 Å². The van der Waals surface area contributed by atoms with Gasteiger partial charge in [0.2, 0.25) is 0 Å². The highest BCUT2D eigenvalue weighted by Gasteiger charge is 1.93. The predicted molar refractivity (Wildman–Crippen MR) is 44.4 cm³/mol. The SMILES string of the molecule is CON(C)CCON=C(C)C. The maximum atomic E-state index is 4.93. The highest BCUT2D eigenvalue weighted by atomic mass is 16.7. The van der Waals surface area contributed by atoms with Crippen molar-refractivity contribution in [2.75, 3.05) is 27.3 Å². The first-order valence-electron chi connectivity index (χ1n) is 3.55. The summed E-state index contributed by atoms with van der Waals surface area (Å²) in [7, 11) is 3.46. The first-order valence-corrected chi connectivity index (χ1v) is 3.55. The Hall–Kier alpha value is -0.610. The zero-order chi connectivity index (χ0) is 8.69. The van der Waals surface area contributed by atoms with Crippen molar-refractivity contribution in [2.24, 2.45) is 5.16 Å². The van der Waals surface area contributed by atoms with Crippen LogP contribution >= 0.6 is 0 Å². The molecule has 0 unspecified atom stereocenters. The molecule has 11 heavy (non-hydrogen) atoms. The molecule has 4 nitrogen and oxygen atoms in total. The van der Waals surface area contributed by atoms with Crippen molar-refractivity contribution in [3.63, 3.8) is 0 Å². The van der Waals surface area contributed by atoms with Gasteiger partial charge in [-0.3, -0.25) is 0 Å². The highest BCUT2D eigenvalue weighted by molar-refractivity contribution is 5.78. The molecule has 0 bridgehead atoms. The van der Waals surface area contributed by atoms with Gasteiger partial charge < -0.3 is 9.68 Å². The summed E-state index contributed by atoms with van der Waals surface area (Å²) in [5.41, 5.74) is 0.921. The standard InChI is InChI=1S/C7H16N2O2/c1-7(2)8-11-6-5-9(3)10-4/h5-6H2,1-4H3. The van der Waals surface area contributed by atoms with Gasteiger partial charge in [0.1, 0.15) is 6.61 Å². The Morgan fingerprint density at radius 1 is 1.45 bits per heavy atom. The molecule has 0 amide bonds. The van der Waals surface area contributed by atoms with E-state index in [0.29, 0.717) is 13.2 Å². The average molecular weight is 160 g/mol. The minimum Gasteiger partial charge on any atom is -0.394 e. The van der Waals surface area contributed by atoms with Gasteiger partial charge in [-0.25, -0.2) is 0 Å². The number of hydrogen-bond acceptors (Lipinski definition) is 4. The van der Waals surface area contributed by atoms with Gasteiger partial charge in [0.15, 0.2) is 0 Å². The van der Waals surface area contributed by atoms with Gasteiger partial charge in [-0.1, -0.05) is 5.16 Å². The van der Waals surface area contributed by atoms with E-state index in [2.05, 4.69) is 5.16 Å². The van der Waals surface area contributed by atoms with E-state index in [4.69, 9.17) is 9.68 Å². The lowest BCUT2D eigenvalue weighted by Crippen LogP contribution is -2.21. The quantitative estimate of drug-likeness (QED) is 0.340. The summed E-state index contributed by atoms with van der Waals surface area (Å²) in [6, 6.07) is 0. The van der Waals surface area contributed by atoms with Crippen molar-refractivity contribution in [3.8, 4) is 0 Å². The molecule has 0 saturated carbocycles. The molecular formula is C7H16N2O2. The predicted octanol–water partition coefficient (Wildman–Crippen LogP) is 0.892. The summed E-state index contributed by atoms with van der Waals surface area (Å²) < 4.78 is 0. The molecule has 0 heterocycles. The van der Waals surface area contributed by atoms with E-state index in [1.54, 1.807) is 12.2 Å². The van der Waals surface area contributed by atoms with Crippen molar-refractivity contribution in [3.05, 3.63) is 0 Å². The molecule has 0 aliphatic carbocycles. The van der Waals surface area contributed by atoms with Crippen LogP contribution in [0.1, 0.15) is 13.8 Å². The summed E-state index contributed by atoms with van der Waals surface area (Å²) >= 11 is 0. The zero-order valence-electron chi connectivity index (χ0n) is 7.63. The maximum absolute atomic E-state index is 4.93. The van der Waals surface area contributed by atoms with Gasteiger partial charge in [-0.2, -0.15) is 5.06 Å². The van der Waals surface area contributed by atoms with Crippen molar-refractivity contribution in [2.45, 2.75) is 13.8 Å². The van der Waals surface area contributed by atoms with Crippen molar-refractivity contribution in [1.29, 1.82) is 0 Å². The lowest BCUT2D eigenvalue weighted by Gasteiger charge is -2.11. The zero-order valence-corrected chi connectivity index (χ0v) is 7.63. The third kappa shape index (κ3) is 7.29. The Labute approximate surface area is 67.7 Å². The Kier molecular flexibility index (Phi) is 5.78. The summed E-state index contributed by atoms with van der Waals surface area (Å²) in [5, 5.41) is 5.45. The van der Waals surface area contributed by atoms with Crippen LogP contribution in [0.25, 0.3) is 0 Å². The van der Waals surface area contributed by atoms with Crippen LogP contribution in [-0.4, -0.2) is 38.1 Å². The summed E-state index contributed by atoms with van der Waals surface area (Å²) in [6.45, 7) is 5.04. The Bertz CT molecular complexity index is 122. The third-order valence-corrected chi connectivity index (χ3v) is 1.06. The lowest BCUT2D eigenvalue weighted by atomic mass is 10.5. The van der Waals surface area contributed by atoms with Crippen LogP contribution in [0.4, 0.5) is 0 Å². The van der Waals surface area contributed by atoms with Gasteiger partial charge >= 0.3 is 0 Å². The molecule has 66 valence electrons. The molecule has 0 atom stereocenters. The van der Waals surface area contributed by atoms with E-state index in [0.717, 1.165) is 5.71 Å². The molecule has 0 fully saturated rings. The van der Waals surface area contributed by atoms with Crippen molar-refractivity contribution in [1.82, 2.24) is 5.06 Å². The minimum atomic E-state index is 0.551. The van der Waals surface area contributed by atoms with E-state index < -0.39 is 0 Å². The second-order valence-corrected chi connectivity index (χ2v) is 2.41. The van der Waals surface area contributed by atoms with Gasteiger partial charge in [0.05, 0.1) is 19.4 Å². The fraction of sp³-hybridized carbons (Fsp3) is 0.857. The molecule has 0 aromatic heterocycles. The van der Waals surface area contributed by atoms with Crippen LogP contribution in [0.15, 0.2) is 5.16 Å². The molecular weight excluding hydrogens is 144 g/mol. The maximum Gasteiger partial charge on any atom is 0.132 e. The lowest BCUT2D eigenvalue weighted by molar-refractivity contribution is -0.119. The first kappa shape index (κ1) is 10.4. The molecule has 0 radical (unpaired) electrons. The molecule has 0 spiro atoms. The van der Waals surface area contributed by atoms with Crippen LogP contribution < -0.4 is 0 Å². The van der Waals surface area contributed by atoms with Crippen LogP contribution in [0.3, 0.4) is 0 Å². The van der Waals surface area contributed by atoms with Crippen LogP contribution in [-0.2, 0) is 9.68 Å². The van der Waals surface area contributed by atoms with Crippen LogP contribution in [0.2, 0.25) is 0 Å². The second kappa shape index (κ2) is 6.12. The second-order valence-electron chi connectivity index (χ2n) is 2.41. The van der Waals surface area contributed by atoms with Crippen molar-refractivity contribution < 1.29 is 9.68 Å². The summed E-state index contributed by atoms with van der Waals surface area (Å²) in [6.07, 6.45) is 0. The average Bonchev–Trinajstić information content (AvgIpc) is 1.97. The number of likely N-dealkylation sites (N-methyl/N-ethyl adjacent to an activating group) is 1. The monoisotopic (exact) mass is 160 g/mol. The van der Waals surface area contributed by atoms with Gasteiger partial charge in [0, 0.05) is 7.05 Å². The van der Waals surface area contributed by atoms with Crippen LogP contribution in [0, 0.1) is 0 Å². The molecule has 0 rings (SSSR count). The van der Waals surface area contributed by atoms with Gasteiger partial charge in [-0.05, 0) is 13.8 Å². The van der Waals surface area contributed by atoms with Crippen molar-refractivity contribution >= 4 is 5.71 Å². The third-order valence-electron chi connectivity index (χ3n) is 1.06. The normalized spacial score (nSPS) is 9.91. The number of nitrogens with zero attached hydrogens (tertiary/aromatic N) is 2. The summed E-state index contributed by atoms with van der Waals surface area (Å²) in [5.74, 6) is 0. The fourth-order valence-electron chi connectivity index (χ4n) is 0.435. The van der Waals surface area contributed by atoms with Crippen LogP contribution in [0.5, 0.6) is 0 Å². The van der Waals surface area contributed by atoms with E-state index in [1.807, 2.05) is 20.9 Å². The van der Waals surface area contributed by atoms with E-state index in [9.17, 15) is 0 Å². The summed E-state index contributed by atoms with van der Waals surface area (Å²) in [4.78, 5) is 9.80. The molecule has 0 aromatic rings. The molecule has 0 aromatic carbocycles. The minimum absolute atomic E-state index is 0.551. The smallest absolute Gasteiger partial charge is 0.132 e. The van der Waals surface area contributed by atoms with E-state index >= 15 is 0 Å². The molecule has 0 saturated heterocycles. The number of hydroxylamine groups is 2. The topological polar surface area (TPSA) is 34.1 Å². The first-order chi connectivity index (χ1) is 5.16. The van der Waals surface area contributed by atoms with Gasteiger partial charge in [0.25, 0.3) is 0 Å². The number of hydrogen-bond donors (Lipinski definition) is 0. The Morgan fingerprint density at radius 2 is 2.09 bits per heavy atom. The largest absolute Gasteiger partial charge is 0.394 e. The molecule has 4 heteroatoms. The number of rotatable bonds is 5. The fourth-order valence-corrected chi connectivity index (χ4v) is 0.435. The molecule has 0 aliphatic heterocycles. The molecule has 0 N–H and O–H groups in total. The Balaban J connectivity index is 3.21. The van der Waals surface area contributed by atoms with E-state index in [-0.39, 0.29) is 0 Å². The van der Waals surface area contributed by atoms with Gasteiger partial charge in [-0.15, -0.1) is 0 Å². The number of oxime groups is 1.